The first kappa shape index (κ1) is 12.0. The number of aryl methyl sites for hydroxylation is 1. The lowest BCUT2D eigenvalue weighted by Gasteiger charge is -2.38. The summed E-state index contributed by atoms with van der Waals surface area (Å²) in [7, 11) is 0. The number of carbonyl (C=O) groups is 1. The molecule has 17 heavy (non-hydrogen) atoms. The van der Waals surface area contributed by atoms with Gasteiger partial charge in [0.2, 0.25) is 0 Å². The Bertz CT molecular complexity index is 421. The van der Waals surface area contributed by atoms with Crippen LogP contribution in [0.4, 0.5) is 4.39 Å². The van der Waals surface area contributed by atoms with Gasteiger partial charge in [-0.05, 0) is 49.9 Å². The molecule has 1 aliphatic rings. The van der Waals surface area contributed by atoms with E-state index in [0.717, 1.165) is 24.8 Å². The molecule has 4 heteroatoms. The number of nitrogens with one attached hydrogen (secondary N) is 1. The highest BCUT2D eigenvalue weighted by Gasteiger charge is 2.32. The molecule has 1 fully saturated rings. The van der Waals surface area contributed by atoms with Crippen LogP contribution in [0.1, 0.15) is 35.2 Å². The standard InChI is InChI=1S/C13H17FN2O/c1-9-5-10(7-11(14)6-9)12(17)16-8-13(15)3-2-4-13/h5-7H,2-4,8,15H2,1H3,(H,16,17). The monoisotopic (exact) mass is 236 g/mol. The van der Waals surface area contributed by atoms with Gasteiger partial charge < -0.3 is 11.1 Å². The summed E-state index contributed by atoms with van der Waals surface area (Å²) in [5, 5.41) is 2.77. The van der Waals surface area contributed by atoms with E-state index in [4.69, 9.17) is 5.73 Å². The first-order valence-corrected chi connectivity index (χ1v) is 5.83. The van der Waals surface area contributed by atoms with Gasteiger partial charge in [-0.3, -0.25) is 4.79 Å². The van der Waals surface area contributed by atoms with E-state index in [1.807, 2.05) is 0 Å². The van der Waals surface area contributed by atoms with Gasteiger partial charge in [0.15, 0.2) is 0 Å². The first-order valence-electron chi connectivity index (χ1n) is 5.83. The van der Waals surface area contributed by atoms with Crippen molar-refractivity contribution in [2.75, 3.05) is 6.54 Å². The fourth-order valence-electron chi connectivity index (χ4n) is 2.03. The van der Waals surface area contributed by atoms with Crippen molar-refractivity contribution in [2.24, 2.45) is 5.73 Å². The molecule has 0 radical (unpaired) electrons. The number of nitrogens with two attached hydrogens (primary N) is 1. The average Bonchev–Trinajstić information content (AvgIpc) is 2.22. The molecule has 92 valence electrons. The molecule has 3 N–H and O–H groups in total. The third kappa shape index (κ3) is 2.82. The van der Waals surface area contributed by atoms with Crippen LogP contribution in [0.5, 0.6) is 0 Å². The predicted molar refractivity (Wildman–Crippen MR) is 64.2 cm³/mol. The molecule has 0 unspecified atom stereocenters. The van der Waals surface area contributed by atoms with Gasteiger partial charge >= 0.3 is 0 Å². The highest BCUT2D eigenvalue weighted by Crippen LogP contribution is 2.28. The number of hydrogen-bond acceptors (Lipinski definition) is 2. The Morgan fingerprint density at radius 2 is 2.18 bits per heavy atom. The number of amides is 1. The van der Waals surface area contributed by atoms with Gasteiger partial charge in [0, 0.05) is 17.6 Å². The van der Waals surface area contributed by atoms with Gasteiger partial charge in [-0.1, -0.05) is 0 Å². The summed E-state index contributed by atoms with van der Waals surface area (Å²) in [5.41, 5.74) is 6.84. The molecule has 1 saturated carbocycles. The van der Waals surface area contributed by atoms with Gasteiger partial charge in [-0.25, -0.2) is 4.39 Å². The summed E-state index contributed by atoms with van der Waals surface area (Å²) in [6, 6.07) is 4.31. The minimum absolute atomic E-state index is 0.252. The molecular weight excluding hydrogens is 219 g/mol. The van der Waals surface area contributed by atoms with Crippen LogP contribution in [0.25, 0.3) is 0 Å². The van der Waals surface area contributed by atoms with Crippen molar-refractivity contribution in [3.63, 3.8) is 0 Å². The molecule has 3 nitrogen and oxygen atoms in total. The second-order valence-electron chi connectivity index (χ2n) is 4.92. The maximum Gasteiger partial charge on any atom is 0.251 e. The van der Waals surface area contributed by atoms with Crippen molar-refractivity contribution in [3.8, 4) is 0 Å². The van der Waals surface area contributed by atoms with Crippen molar-refractivity contribution < 1.29 is 9.18 Å². The van der Waals surface area contributed by atoms with Crippen LogP contribution in [0.3, 0.4) is 0 Å². The SMILES string of the molecule is Cc1cc(F)cc(C(=O)NCC2(N)CCC2)c1. The smallest absolute Gasteiger partial charge is 0.251 e. The second kappa shape index (κ2) is 4.45. The Hall–Kier alpha value is -1.42. The Labute approximate surface area is 100 Å². The molecule has 1 aliphatic carbocycles. The van der Waals surface area contributed by atoms with Crippen molar-refractivity contribution in [1.29, 1.82) is 0 Å². The predicted octanol–water partition coefficient (Wildman–Crippen LogP) is 1.75. The maximum atomic E-state index is 13.1. The lowest BCUT2D eigenvalue weighted by molar-refractivity contribution is 0.0929. The molecule has 0 spiro atoms. The molecule has 0 aliphatic heterocycles. The van der Waals surface area contributed by atoms with Gasteiger partial charge in [0.05, 0.1) is 0 Å². The van der Waals surface area contributed by atoms with E-state index in [9.17, 15) is 9.18 Å². The zero-order valence-electron chi connectivity index (χ0n) is 9.92. The van der Waals surface area contributed by atoms with Crippen LogP contribution in [0, 0.1) is 12.7 Å². The highest BCUT2D eigenvalue weighted by atomic mass is 19.1. The van der Waals surface area contributed by atoms with Crippen LogP contribution in [0.2, 0.25) is 0 Å². The molecule has 2 rings (SSSR count). The lowest BCUT2D eigenvalue weighted by atomic mass is 9.78. The summed E-state index contributed by atoms with van der Waals surface area (Å²) in [6.45, 7) is 2.22. The fourth-order valence-corrected chi connectivity index (χ4v) is 2.03. The molecule has 1 amide bonds. The molecule has 0 atom stereocenters. The van der Waals surface area contributed by atoms with Crippen molar-refractivity contribution in [2.45, 2.75) is 31.7 Å². The number of halogens is 1. The van der Waals surface area contributed by atoms with Crippen LogP contribution < -0.4 is 11.1 Å². The second-order valence-corrected chi connectivity index (χ2v) is 4.92. The Balaban J connectivity index is 1.99. The summed E-state index contributed by atoms with van der Waals surface area (Å²) >= 11 is 0. The van der Waals surface area contributed by atoms with E-state index in [1.165, 1.54) is 12.1 Å². The minimum Gasteiger partial charge on any atom is -0.350 e. The zero-order valence-corrected chi connectivity index (χ0v) is 9.92. The van der Waals surface area contributed by atoms with Crippen LogP contribution >= 0.6 is 0 Å². The highest BCUT2D eigenvalue weighted by molar-refractivity contribution is 5.94. The van der Waals surface area contributed by atoms with Gasteiger partial charge in [-0.2, -0.15) is 0 Å². The van der Waals surface area contributed by atoms with Crippen LogP contribution in [-0.4, -0.2) is 18.0 Å². The maximum absolute atomic E-state index is 13.1. The quantitative estimate of drug-likeness (QED) is 0.840. The number of rotatable bonds is 3. The largest absolute Gasteiger partial charge is 0.350 e. The summed E-state index contributed by atoms with van der Waals surface area (Å²) in [6.07, 6.45) is 3.00. The third-order valence-corrected chi connectivity index (χ3v) is 3.25. The van der Waals surface area contributed by atoms with E-state index < -0.39 is 0 Å². The normalized spacial score (nSPS) is 17.4. The first-order chi connectivity index (χ1) is 7.98. The fraction of sp³-hybridized carbons (Fsp3) is 0.462. The molecular formula is C13H17FN2O. The van der Waals surface area contributed by atoms with E-state index >= 15 is 0 Å². The van der Waals surface area contributed by atoms with E-state index in [2.05, 4.69) is 5.32 Å². The number of benzene rings is 1. The van der Waals surface area contributed by atoms with Crippen molar-refractivity contribution in [1.82, 2.24) is 5.32 Å². The van der Waals surface area contributed by atoms with E-state index in [0.29, 0.717) is 12.1 Å². The average molecular weight is 236 g/mol. The molecule has 1 aromatic carbocycles. The third-order valence-electron chi connectivity index (χ3n) is 3.25. The molecule has 0 bridgehead atoms. The zero-order chi connectivity index (χ0) is 12.5. The van der Waals surface area contributed by atoms with Crippen molar-refractivity contribution >= 4 is 5.91 Å². The summed E-state index contributed by atoms with van der Waals surface area (Å²) in [5.74, 6) is -0.648. The van der Waals surface area contributed by atoms with E-state index in [-0.39, 0.29) is 17.3 Å². The van der Waals surface area contributed by atoms with Crippen LogP contribution in [-0.2, 0) is 0 Å². The van der Waals surface area contributed by atoms with Gasteiger partial charge in [0.1, 0.15) is 5.82 Å². The number of hydrogen-bond donors (Lipinski definition) is 2. The van der Waals surface area contributed by atoms with Gasteiger partial charge in [0.25, 0.3) is 5.91 Å². The Morgan fingerprint density at radius 1 is 1.47 bits per heavy atom. The van der Waals surface area contributed by atoms with Crippen molar-refractivity contribution in [3.05, 3.63) is 35.1 Å². The Morgan fingerprint density at radius 3 is 2.71 bits per heavy atom. The molecule has 0 heterocycles. The van der Waals surface area contributed by atoms with Crippen LogP contribution in [0.15, 0.2) is 18.2 Å². The number of carbonyl (C=O) groups excluding carboxylic acids is 1. The summed E-state index contributed by atoms with van der Waals surface area (Å²) < 4.78 is 13.1. The van der Waals surface area contributed by atoms with E-state index in [1.54, 1.807) is 13.0 Å². The molecule has 1 aromatic rings. The minimum atomic E-state index is -0.388. The Kier molecular flexibility index (Phi) is 3.15. The molecule has 0 aromatic heterocycles. The van der Waals surface area contributed by atoms with Gasteiger partial charge in [-0.15, -0.1) is 0 Å². The topological polar surface area (TPSA) is 55.1 Å². The lowest BCUT2D eigenvalue weighted by Crippen LogP contribution is -2.54. The molecule has 0 saturated heterocycles. The summed E-state index contributed by atoms with van der Waals surface area (Å²) in [4.78, 5) is 11.8.